The Morgan fingerprint density at radius 1 is 1.11 bits per heavy atom. The average Bonchev–Trinajstić information content (AvgIpc) is 3.00. The SMILES string of the molecule is Cc1ccc(CCN2CC(COS(=N)(=O)c3ccc(C)cc3)OC2=O)cc1. The Hall–Kier alpha value is -2.38. The van der Waals surface area contributed by atoms with Crippen molar-refractivity contribution in [2.45, 2.75) is 31.3 Å². The molecule has 0 bridgehead atoms. The summed E-state index contributed by atoms with van der Waals surface area (Å²) in [6.45, 7) is 4.80. The number of carbonyl (C=O) groups excluding carboxylic acids is 1. The minimum atomic E-state index is -3.37. The number of aryl methyl sites for hydroxylation is 2. The minimum Gasteiger partial charge on any atom is -0.442 e. The quantitative estimate of drug-likeness (QED) is 0.784. The molecule has 1 aliphatic heterocycles. The van der Waals surface area contributed by atoms with Gasteiger partial charge >= 0.3 is 6.09 Å². The summed E-state index contributed by atoms with van der Waals surface area (Å²) in [5.41, 5.74) is 3.37. The van der Waals surface area contributed by atoms with Crippen LogP contribution in [0.5, 0.6) is 0 Å². The molecule has 0 aliphatic carbocycles. The predicted octanol–water partition coefficient (Wildman–Crippen LogP) is 3.70. The highest BCUT2D eigenvalue weighted by Gasteiger charge is 2.32. The molecule has 2 unspecified atom stereocenters. The fourth-order valence-electron chi connectivity index (χ4n) is 2.82. The van der Waals surface area contributed by atoms with Crippen molar-refractivity contribution >= 4 is 16.1 Å². The molecule has 1 N–H and O–H groups in total. The molecule has 27 heavy (non-hydrogen) atoms. The van der Waals surface area contributed by atoms with Gasteiger partial charge in [0, 0.05) is 6.54 Å². The number of amides is 1. The molecule has 1 heterocycles. The maximum Gasteiger partial charge on any atom is 0.410 e. The van der Waals surface area contributed by atoms with Gasteiger partial charge in [0.2, 0.25) is 0 Å². The van der Waals surface area contributed by atoms with E-state index < -0.39 is 22.2 Å². The van der Waals surface area contributed by atoms with Crippen LogP contribution in [0.4, 0.5) is 4.79 Å². The standard InChI is InChI=1S/C20H24N2O4S/c1-15-3-7-17(8-4-15)11-12-22-13-18(26-20(22)23)14-25-27(21,24)19-9-5-16(2)6-10-19/h3-10,18,21H,11-14H2,1-2H3. The van der Waals surface area contributed by atoms with Gasteiger partial charge in [-0.15, -0.1) is 0 Å². The number of rotatable bonds is 7. The van der Waals surface area contributed by atoms with Gasteiger partial charge in [0.15, 0.2) is 10.0 Å². The van der Waals surface area contributed by atoms with E-state index in [1.54, 1.807) is 29.2 Å². The summed E-state index contributed by atoms with van der Waals surface area (Å²) in [6.07, 6.45) is -0.184. The third-order valence-corrected chi connectivity index (χ3v) is 5.85. The lowest BCUT2D eigenvalue weighted by atomic mass is 10.1. The molecule has 0 spiro atoms. The number of carbonyl (C=O) groups is 1. The Kier molecular flexibility index (Phi) is 5.82. The van der Waals surface area contributed by atoms with E-state index >= 15 is 0 Å². The molecule has 0 saturated carbocycles. The van der Waals surface area contributed by atoms with E-state index in [1.807, 2.05) is 38.1 Å². The molecule has 3 rings (SSSR count). The largest absolute Gasteiger partial charge is 0.442 e. The van der Waals surface area contributed by atoms with Crippen molar-refractivity contribution in [2.24, 2.45) is 0 Å². The molecule has 0 radical (unpaired) electrons. The van der Waals surface area contributed by atoms with E-state index in [1.165, 1.54) is 5.56 Å². The zero-order chi connectivity index (χ0) is 19.4. The van der Waals surface area contributed by atoms with E-state index in [4.69, 9.17) is 13.7 Å². The van der Waals surface area contributed by atoms with Gasteiger partial charge in [-0.05, 0) is 38.0 Å². The third-order valence-electron chi connectivity index (χ3n) is 4.49. The third kappa shape index (κ3) is 5.08. The van der Waals surface area contributed by atoms with Crippen molar-refractivity contribution in [3.05, 3.63) is 65.2 Å². The van der Waals surface area contributed by atoms with Crippen molar-refractivity contribution in [2.75, 3.05) is 19.7 Å². The van der Waals surface area contributed by atoms with Crippen molar-refractivity contribution in [1.29, 1.82) is 4.78 Å². The minimum absolute atomic E-state index is 0.0665. The molecule has 1 amide bonds. The molecule has 2 atom stereocenters. The Bertz CT molecular complexity index is 893. The number of nitrogens with one attached hydrogen (secondary N) is 1. The molecule has 1 saturated heterocycles. The fraction of sp³-hybridized carbons (Fsp3) is 0.350. The maximum absolute atomic E-state index is 12.4. The highest BCUT2D eigenvalue weighted by Crippen LogP contribution is 2.18. The Morgan fingerprint density at radius 2 is 1.70 bits per heavy atom. The summed E-state index contributed by atoms with van der Waals surface area (Å²) in [4.78, 5) is 14.0. The first kappa shape index (κ1) is 19.4. The summed E-state index contributed by atoms with van der Waals surface area (Å²) in [6, 6.07) is 15.0. The van der Waals surface area contributed by atoms with Crippen LogP contribution in [0.2, 0.25) is 0 Å². The first-order chi connectivity index (χ1) is 12.8. The lowest BCUT2D eigenvalue weighted by molar-refractivity contribution is 0.106. The molecular weight excluding hydrogens is 364 g/mol. The molecule has 144 valence electrons. The second-order valence-corrected chi connectivity index (χ2v) is 8.50. The van der Waals surface area contributed by atoms with Crippen molar-refractivity contribution in [3.63, 3.8) is 0 Å². The van der Waals surface area contributed by atoms with Crippen LogP contribution < -0.4 is 0 Å². The van der Waals surface area contributed by atoms with Gasteiger partial charge in [-0.25, -0.2) is 13.8 Å². The molecule has 1 fully saturated rings. The Labute approximate surface area is 160 Å². The molecule has 7 heteroatoms. The number of hydrogen-bond acceptors (Lipinski definition) is 5. The number of cyclic esters (lactones) is 1. The maximum atomic E-state index is 12.4. The first-order valence-electron chi connectivity index (χ1n) is 8.84. The lowest BCUT2D eigenvalue weighted by Crippen LogP contribution is -2.28. The van der Waals surface area contributed by atoms with Crippen LogP contribution in [0, 0.1) is 18.6 Å². The van der Waals surface area contributed by atoms with Crippen LogP contribution in [-0.4, -0.2) is 41.0 Å². The zero-order valence-corrected chi connectivity index (χ0v) is 16.3. The van der Waals surface area contributed by atoms with Crippen LogP contribution in [0.3, 0.4) is 0 Å². The van der Waals surface area contributed by atoms with Crippen molar-refractivity contribution in [3.8, 4) is 0 Å². The highest BCUT2D eigenvalue weighted by molar-refractivity contribution is 7.87. The van der Waals surface area contributed by atoms with Gasteiger partial charge in [0.05, 0.1) is 11.4 Å². The molecular formula is C20H24N2O4S. The van der Waals surface area contributed by atoms with Crippen LogP contribution in [0.15, 0.2) is 53.4 Å². The van der Waals surface area contributed by atoms with Gasteiger partial charge in [0.25, 0.3) is 0 Å². The Balaban J connectivity index is 1.51. The van der Waals surface area contributed by atoms with Crippen LogP contribution in [0.25, 0.3) is 0 Å². The van der Waals surface area contributed by atoms with Crippen LogP contribution in [0.1, 0.15) is 16.7 Å². The summed E-state index contributed by atoms with van der Waals surface area (Å²) in [5, 5.41) is 0. The van der Waals surface area contributed by atoms with Crippen LogP contribution >= 0.6 is 0 Å². The van der Waals surface area contributed by atoms with Gasteiger partial charge in [-0.3, -0.25) is 4.18 Å². The molecule has 6 nitrogen and oxygen atoms in total. The smallest absolute Gasteiger partial charge is 0.410 e. The van der Waals surface area contributed by atoms with E-state index in [0.717, 1.165) is 17.5 Å². The summed E-state index contributed by atoms with van der Waals surface area (Å²) in [5.74, 6) is 0. The van der Waals surface area contributed by atoms with E-state index in [2.05, 4.69) is 0 Å². The monoisotopic (exact) mass is 388 g/mol. The summed E-state index contributed by atoms with van der Waals surface area (Å²) in [7, 11) is -3.37. The second-order valence-electron chi connectivity index (χ2n) is 6.79. The summed E-state index contributed by atoms with van der Waals surface area (Å²) >= 11 is 0. The number of ether oxygens (including phenoxy) is 1. The molecule has 2 aromatic carbocycles. The molecule has 0 aromatic heterocycles. The van der Waals surface area contributed by atoms with E-state index in [-0.39, 0.29) is 6.61 Å². The number of benzene rings is 2. The summed E-state index contributed by atoms with van der Waals surface area (Å²) < 4.78 is 31.0. The van der Waals surface area contributed by atoms with Gasteiger partial charge in [-0.2, -0.15) is 0 Å². The van der Waals surface area contributed by atoms with Gasteiger partial charge < -0.3 is 9.64 Å². The zero-order valence-electron chi connectivity index (χ0n) is 15.5. The lowest BCUT2D eigenvalue weighted by Gasteiger charge is -2.13. The van der Waals surface area contributed by atoms with Crippen molar-refractivity contribution in [1.82, 2.24) is 4.90 Å². The topological polar surface area (TPSA) is 79.7 Å². The fourth-order valence-corrected chi connectivity index (χ4v) is 3.79. The van der Waals surface area contributed by atoms with E-state index in [9.17, 15) is 9.00 Å². The van der Waals surface area contributed by atoms with Crippen molar-refractivity contribution < 1.29 is 17.9 Å². The van der Waals surface area contributed by atoms with Crippen LogP contribution in [-0.2, 0) is 25.4 Å². The normalized spacial score (nSPS) is 19.0. The second kappa shape index (κ2) is 8.10. The molecule has 2 aromatic rings. The number of hydrogen-bond donors (Lipinski definition) is 1. The van der Waals surface area contributed by atoms with E-state index in [0.29, 0.717) is 18.0 Å². The molecule has 1 aliphatic rings. The number of nitrogens with zero attached hydrogens (tertiary/aromatic N) is 1. The van der Waals surface area contributed by atoms with Gasteiger partial charge in [0.1, 0.15) is 12.7 Å². The average molecular weight is 388 g/mol. The van der Waals surface area contributed by atoms with Gasteiger partial charge in [-0.1, -0.05) is 47.5 Å². The highest BCUT2D eigenvalue weighted by atomic mass is 32.2. The first-order valence-corrected chi connectivity index (χ1v) is 10.3. The predicted molar refractivity (Wildman–Crippen MR) is 103 cm³/mol. The Morgan fingerprint density at radius 3 is 2.33 bits per heavy atom.